The van der Waals surface area contributed by atoms with Gasteiger partial charge in [-0.25, -0.2) is 4.98 Å². The van der Waals surface area contributed by atoms with E-state index in [9.17, 15) is 4.79 Å². The number of carbonyl (C=O) groups excluding carboxylic acids is 1. The van der Waals surface area contributed by atoms with Crippen LogP contribution >= 0.6 is 0 Å². The highest BCUT2D eigenvalue weighted by atomic mass is 16.3. The summed E-state index contributed by atoms with van der Waals surface area (Å²) < 4.78 is 9.84. The van der Waals surface area contributed by atoms with Crippen molar-refractivity contribution >= 4 is 22.7 Å². The molecule has 0 radical (unpaired) electrons. The number of benzene rings is 1. The molecule has 7 heteroatoms. The molecule has 4 rings (SSSR count). The molecule has 3 aromatic heterocycles. The number of aryl methyl sites for hydroxylation is 3. The van der Waals surface area contributed by atoms with Crippen molar-refractivity contribution in [3.8, 4) is 0 Å². The number of nitrogens with zero attached hydrogens (tertiary/aromatic N) is 4. The van der Waals surface area contributed by atoms with Crippen LogP contribution in [0.15, 0.2) is 59.7 Å². The summed E-state index contributed by atoms with van der Waals surface area (Å²) in [6.45, 7) is 3.77. The average Bonchev–Trinajstić information content (AvgIpc) is 3.46. The predicted octanol–water partition coefficient (Wildman–Crippen LogP) is 4.51. The normalized spacial score (nSPS) is 11.2. The highest BCUT2D eigenvalue weighted by molar-refractivity contribution is 6.13. The van der Waals surface area contributed by atoms with E-state index in [1.165, 1.54) is 0 Å². The van der Waals surface area contributed by atoms with Gasteiger partial charge in [0.05, 0.1) is 11.9 Å². The van der Waals surface area contributed by atoms with Gasteiger partial charge in [-0.2, -0.15) is 5.10 Å². The number of carbonyl (C=O) groups is 1. The fraction of sp³-hybridized carbons (Fsp3) is 0.318. The smallest absolute Gasteiger partial charge is 0.261 e. The largest absolute Gasteiger partial charge is 0.460 e. The second-order valence-electron chi connectivity index (χ2n) is 7.07. The first-order valence-electron chi connectivity index (χ1n) is 10.1. The number of furan rings is 1. The lowest BCUT2D eigenvalue weighted by Crippen LogP contribution is -2.14. The first-order chi connectivity index (χ1) is 14.2. The SMILES string of the molecule is CCCCc1oc2ccccc2c1C(=O)Nc1ccn(CCCn2ccnc2)n1. The van der Waals surface area contributed by atoms with E-state index in [0.717, 1.165) is 55.5 Å². The third-order valence-corrected chi connectivity index (χ3v) is 4.90. The Morgan fingerprint density at radius 1 is 1.14 bits per heavy atom. The summed E-state index contributed by atoms with van der Waals surface area (Å²) in [6.07, 6.45) is 11.1. The summed E-state index contributed by atoms with van der Waals surface area (Å²) in [5, 5.41) is 8.26. The van der Waals surface area contributed by atoms with Crippen LogP contribution in [0.2, 0.25) is 0 Å². The van der Waals surface area contributed by atoms with Gasteiger partial charge in [0.1, 0.15) is 11.3 Å². The van der Waals surface area contributed by atoms with E-state index in [1.807, 2.05) is 52.0 Å². The van der Waals surface area contributed by atoms with Crippen LogP contribution in [0.5, 0.6) is 0 Å². The Morgan fingerprint density at radius 2 is 2.03 bits per heavy atom. The summed E-state index contributed by atoms with van der Waals surface area (Å²) in [7, 11) is 0. The number of hydrogen-bond acceptors (Lipinski definition) is 4. The van der Waals surface area contributed by atoms with Gasteiger partial charge in [0.25, 0.3) is 5.91 Å². The maximum absolute atomic E-state index is 13.0. The van der Waals surface area contributed by atoms with Gasteiger partial charge in [-0.05, 0) is 18.9 Å². The number of hydrogen-bond donors (Lipinski definition) is 1. The van der Waals surface area contributed by atoms with Gasteiger partial charge in [0.2, 0.25) is 0 Å². The average molecular weight is 391 g/mol. The molecule has 0 aliphatic heterocycles. The zero-order valence-corrected chi connectivity index (χ0v) is 16.5. The number of anilines is 1. The van der Waals surface area contributed by atoms with E-state index >= 15 is 0 Å². The fourth-order valence-electron chi connectivity index (χ4n) is 3.42. The minimum absolute atomic E-state index is 0.176. The third kappa shape index (κ3) is 4.39. The van der Waals surface area contributed by atoms with Crippen molar-refractivity contribution < 1.29 is 9.21 Å². The molecule has 1 N–H and O–H groups in total. The van der Waals surface area contributed by atoms with Crippen LogP contribution in [0.1, 0.15) is 42.3 Å². The predicted molar refractivity (Wildman–Crippen MR) is 112 cm³/mol. The van der Waals surface area contributed by atoms with Crippen LogP contribution < -0.4 is 5.32 Å². The molecule has 150 valence electrons. The van der Waals surface area contributed by atoms with Gasteiger partial charge < -0.3 is 14.3 Å². The molecule has 3 heterocycles. The number of nitrogens with one attached hydrogen (secondary N) is 1. The quantitative estimate of drug-likeness (QED) is 0.455. The maximum atomic E-state index is 13.0. The molecule has 0 saturated heterocycles. The summed E-state index contributed by atoms with van der Waals surface area (Å²) in [5.74, 6) is 1.11. The highest BCUT2D eigenvalue weighted by Crippen LogP contribution is 2.28. The Hall–Kier alpha value is -3.35. The van der Waals surface area contributed by atoms with Crippen LogP contribution in [0.25, 0.3) is 11.0 Å². The molecule has 1 aromatic carbocycles. The van der Waals surface area contributed by atoms with Gasteiger partial charge in [-0.3, -0.25) is 9.48 Å². The Morgan fingerprint density at radius 3 is 2.86 bits per heavy atom. The molecule has 4 aromatic rings. The minimum Gasteiger partial charge on any atom is -0.460 e. The summed E-state index contributed by atoms with van der Waals surface area (Å²) >= 11 is 0. The molecule has 0 bridgehead atoms. The molecular formula is C22H25N5O2. The van der Waals surface area contributed by atoms with Gasteiger partial charge in [0.15, 0.2) is 5.82 Å². The number of imidazole rings is 1. The van der Waals surface area contributed by atoms with Crippen molar-refractivity contribution in [2.45, 2.75) is 45.7 Å². The molecule has 7 nitrogen and oxygen atoms in total. The van der Waals surface area contributed by atoms with Crippen LogP contribution in [-0.4, -0.2) is 25.2 Å². The standard InChI is InChI=1S/C22H25N5O2/c1-2-3-8-19-21(17-7-4-5-9-18(17)29-19)22(28)24-20-10-14-27(25-20)13-6-12-26-15-11-23-16-26/h4-5,7,9-11,14-16H,2-3,6,8,12-13H2,1H3,(H,24,25,28). The second kappa shape index (κ2) is 8.77. The van der Waals surface area contributed by atoms with Crippen molar-refractivity contribution in [3.63, 3.8) is 0 Å². The molecule has 0 saturated carbocycles. The number of fused-ring (bicyclic) bond motifs is 1. The van der Waals surface area contributed by atoms with Gasteiger partial charge >= 0.3 is 0 Å². The van der Waals surface area contributed by atoms with Crippen LogP contribution in [0.4, 0.5) is 5.82 Å². The highest BCUT2D eigenvalue weighted by Gasteiger charge is 2.21. The van der Waals surface area contributed by atoms with Crippen molar-refractivity contribution in [1.29, 1.82) is 0 Å². The van der Waals surface area contributed by atoms with Crippen LogP contribution in [0, 0.1) is 0 Å². The monoisotopic (exact) mass is 391 g/mol. The van der Waals surface area contributed by atoms with E-state index in [1.54, 1.807) is 12.5 Å². The van der Waals surface area contributed by atoms with Crippen LogP contribution in [0.3, 0.4) is 0 Å². The molecule has 0 unspecified atom stereocenters. The molecule has 0 aliphatic rings. The first-order valence-corrected chi connectivity index (χ1v) is 10.1. The number of amides is 1. The molecular weight excluding hydrogens is 366 g/mol. The number of para-hydroxylation sites is 1. The van der Waals surface area contributed by atoms with Crippen molar-refractivity contribution in [3.05, 3.63) is 66.6 Å². The third-order valence-electron chi connectivity index (χ3n) is 4.90. The maximum Gasteiger partial charge on any atom is 0.261 e. The number of aromatic nitrogens is 4. The zero-order valence-electron chi connectivity index (χ0n) is 16.5. The number of rotatable bonds is 9. The van der Waals surface area contributed by atoms with E-state index in [4.69, 9.17) is 4.42 Å². The fourth-order valence-corrected chi connectivity index (χ4v) is 3.42. The molecule has 0 aliphatic carbocycles. The van der Waals surface area contributed by atoms with Crippen molar-refractivity contribution in [2.75, 3.05) is 5.32 Å². The lowest BCUT2D eigenvalue weighted by molar-refractivity contribution is 0.102. The Kier molecular flexibility index (Phi) is 5.74. The summed E-state index contributed by atoms with van der Waals surface area (Å²) in [6, 6.07) is 9.49. The molecule has 1 amide bonds. The Labute approximate surface area is 169 Å². The zero-order chi connectivity index (χ0) is 20.1. The molecule has 0 fully saturated rings. The van der Waals surface area contributed by atoms with Gasteiger partial charge in [-0.15, -0.1) is 0 Å². The number of unbranched alkanes of at least 4 members (excludes halogenated alkanes) is 1. The lowest BCUT2D eigenvalue weighted by atomic mass is 10.1. The Bertz CT molecular complexity index is 1080. The van der Waals surface area contributed by atoms with Gasteiger partial charge in [0, 0.05) is 49.6 Å². The second-order valence-corrected chi connectivity index (χ2v) is 7.07. The topological polar surface area (TPSA) is 77.9 Å². The van der Waals surface area contributed by atoms with Crippen molar-refractivity contribution in [2.24, 2.45) is 0 Å². The summed E-state index contributed by atoms with van der Waals surface area (Å²) in [4.78, 5) is 17.1. The van der Waals surface area contributed by atoms with E-state index in [2.05, 4.69) is 22.3 Å². The Balaban J connectivity index is 1.44. The molecule has 29 heavy (non-hydrogen) atoms. The van der Waals surface area contributed by atoms with Gasteiger partial charge in [-0.1, -0.05) is 31.5 Å². The van der Waals surface area contributed by atoms with Crippen molar-refractivity contribution in [1.82, 2.24) is 19.3 Å². The molecule has 0 spiro atoms. The van der Waals surface area contributed by atoms with E-state index in [-0.39, 0.29) is 5.91 Å². The lowest BCUT2D eigenvalue weighted by Gasteiger charge is -2.04. The molecule has 0 atom stereocenters. The van der Waals surface area contributed by atoms with Crippen LogP contribution in [-0.2, 0) is 19.5 Å². The summed E-state index contributed by atoms with van der Waals surface area (Å²) in [5.41, 5.74) is 1.36. The minimum atomic E-state index is -0.176. The van der Waals surface area contributed by atoms with E-state index < -0.39 is 0 Å². The first kappa shape index (κ1) is 19.0. The van der Waals surface area contributed by atoms with E-state index in [0.29, 0.717) is 11.4 Å².